The summed E-state index contributed by atoms with van der Waals surface area (Å²) in [5.41, 5.74) is 0. The Bertz CT molecular complexity index is 1280. The van der Waals surface area contributed by atoms with Crippen LogP contribution in [0.15, 0.2) is 0 Å². The summed E-state index contributed by atoms with van der Waals surface area (Å²) in [6, 6.07) is 0. The van der Waals surface area contributed by atoms with E-state index in [-0.39, 0.29) is 105 Å². The molecule has 0 bridgehead atoms. The zero-order valence-electron chi connectivity index (χ0n) is 40.7. The minimum Gasteiger partial charge on any atom is -0.394 e. The number of rotatable bonds is 32. The molecular formula is C44H82O23. The van der Waals surface area contributed by atoms with Crippen molar-refractivity contribution < 1.29 is 111 Å². The van der Waals surface area contributed by atoms with Crippen molar-refractivity contribution in [3.63, 3.8) is 0 Å². The summed E-state index contributed by atoms with van der Waals surface area (Å²) in [6.07, 6.45) is -12.3. The minimum absolute atomic E-state index is 0.00543. The van der Waals surface area contributed by atoms with E-state index in [9.17, 15) is 25.5 Å². The number of aliphatic hydroxyl groups excluding tert-OH is 5. The van der Waals surface area contributed by atoms with Crippen molar-refractivity contribution >= 4 is 0 Å². The number of ether oxygens (including phenoxy) is 18. The number of hydrogen-bond donors (Lipinski definition) is 5. The predicted octanol–water partition coefficient (Wildman–Crippen LogP) is -2.92. The molecule has 23 nitrogen and oxygen atoms in total. The molecular weight excluding hydrogens is 896 g/mol. The quantitative estimate of drug-likeness (QED) is 0.0423. The van der Waals surface area contributed by atoms with Crippen molar-refractivity contribution in [3.8, 4) is 0 Å². The Morgan fingerprint density at radius 3 is 0.970 bits per heavy atom. The topological polar surface area (TPSA) is 267 Å². The summed E-state index contributed by atoms with van der Waals surface area (Å²) < 4.78 is 106. The first-order chi connectivity index (χ1) is 32.5. The van der Waals surface area contributed by atoms with E-state index < -0.39 is 116 Å². The molecule has 4 aliphatic heterocycles. The van der Waals surface area contributed by atoms with Crippen LogP contribution in [0.5, 0.6) is 0 Å². The molecule has 0 amide bonds. The highest BCUT2D eigenvalue weighted by Crippen LogP contribution is 2.35. The Morgan fingerprint density at radius 1 is 0.299 bits per heavy atom. The summed E-state index contributed by atoms with van der Waals surface area (Å²) in [5.74, 6) is -1.35. The van der Waals surface area contributed by atoms with E-state index in [4.69, 9.17) is 85.3 Å². The molecule has 23 heteroatoms. The molecule has 4 fully saturated rings. The lowest BCUT2D eigenvalue weighted by atomic mass is 9.86. The Morgan fingerprint density at radius 2 is 0.582 bits per heavy atom. The Labute approximate surface area is 394 Å². The predicted molar refractivity (Wildman–Crippen MR) is 232 cm³/mol. The smallest absolute Gasteiger partial charge is 0.114 e. The van der Waals surface area contributed by atoms with E-state index in [0.717, 1.165) is 0 Å². The van der Waals surface area contributed by atoms with Gasteiger partial charge in [0.05, 0.1) is 136 Å². The van der Waals surface area contributed by atoms with Crippen LogP contribution in [0.3, 0.4) is 0 Å². The van der Waals surface area contributed by atoms with Gasteiger partial charge in [0.2, 0.25) is 0 Å². The average molecular weight is 979 g/mol. The lowest BCUT2D eigenvalue weighted by molar-refractivity contribution is -0.263. The van der Waals surface area contributed by atoms with Gasteiger partial charge in [-0.1, -0.05) is 0 Å². The van der Waals surface area contributed by atoms with Crippen molar-refractivity contribution in [3.05, 3.63) is 0 Å². The first-order valence-electron chi connectivity index (χ1n) is 23.0. The maximum atomic E-state index is 11.6. The van der Waals surface area contributed by atoms with Gasteiger partial charge in [-0.2, -0.15) is 0 Å². The van der Waals surface area contributed by atoms with Gasteiger partial charge in [-0.3, -0.25) is 0 Å². The second kappa shape index (κ2) is 31.5. The van der Waals surface area contributed by atoms with Gasteiger partial charge in [-0.05, 0) is 0 Å². The summed E-state index contributed by atoms with van der Waals surface area (Å²) >= 11 is 0. The third kappa shape index (κ3) is 15.8. The van der Waals surface area contributed by atoms with Crippen LogP contribution >= 0.6 is 0 Å². The highest BCUT2D eigenvalue weighted by Gasteiger charge is 2.51. The summed E-state index contributed by atoms with van der Waals surface area (Å²) in [6.45, 7) is 0.959. The molecule has 20 atom stereocenters. The van der Waals surface area contributed by atoms with E-state index in [2.05, 4.69) is 0 Å². The number of methoxy groups -OCH3 is 9. The molecule has 5 N–H and O–H groups in total. The number of aliphatic hydroxyl groups is 5. The maximum absolute atomic E-state index is 11.6. The highest BCUT2D eigenvalue weighted by molar-refractivity contribution is 4.98. The third-order valence-corrected chi connectivity index (χ3v) is 13.1. The van der Waals surface area contributed by atoms with Gasteiger partial charge in [-0.15, -0.1) is 0 Å². The Hall–Kier alpha value is -0.920. The standard InChI is InChI=1S/C44H82O23/c1-50-17-28-25(39(53-4)37(48)32(65-28)22-63-16-27-30(20-59-12-10-45)66-34(19-52-3)42(56-7)41(27)55-6)14-61-21-31-36(47)40(54-5)26(29(64-31)18-51-2)15-62-23-33-38(49)44(58-9)43(57-8)35(67-33)24-60-13-11-46/h25-49H,10-24H2,1-9H3. The maximum Gasteiger partial charge on any atom is 0.114 e. The molecule has 4 heterocycles. The first kappa shape index (κ1) is 58.6. The van der Waals surface area contributed by atoms with Gasteiger partial charge < -0.3 is 111 Å². The van der Waals surface area contributed by atoms with Crippen LogP contribution in [-0.2, 0) is 85.3 Å². The molecule has 0 aliphatic carbocycles. The Balaban J connectivity index is 1.36. The molecule has 67 heavy (non-hydrogen) atoms. The lowest BCUT2D eigenvalue weighted by Gasteiger charge is -2.46. The van der Waals surface area contributed by atoms with Crippen LogP contribution in [-0.4, -0.2) is 292 Å². The summed E-state index contributed by atoms with van der Waals surface area (Å²) in [5, 5.41) is 52.9. The van der Waals surface area contributed by atoms with E-state index >= 15 is 0 Å². The molecule has 4 saturated heterocycles. The molecule has 0 radical (unpaired) electrons. The van der Waals surface area contributed by atoms with Crippen molar-refractivity contribution in [2.24, 2.45) is 17.8 Å². The van der Waals surface area contributed by atoms with Crippen molar-refractivity contribution in [2.75, 3.05) is 163 Å². The van der Waals surface area contributed by atoms with Crippen LogP contribution in [0.25, 0.3) is 0 Å². The molecule has 396 valence electrons. The zero-order valence-corrected chi connectivity index (χ0v) is 40.7. The van der Waals surface area contributed by atoms with Crippen molar-refractivity contribution in [1.82, 2.24) is 0 Å². The third-order valence-electron chi connectivity index (χ3n) is 13.1. The fourth-order valence-corrected chi connectivity index (χ4v) is 9.78. The molecule has 4 rings (SSSR count). The second-order valence-electron chi connectivity index (χ2n) is 17.1. The SMILES string of the molecule is COCC1OC(COCC2C(COCCO)OC(COC)C(OC)C2OC)C(O)C(OC)C1COCC1OC(COC)C(COCC2OC(COCCO)C(OC)C(OC)C2O)C(OC)C1O. The number of hydrogen-bond acceptors (Lipinski definition) is 23. The van der Waals surface area contributed by atoms with Gasteiger partial charge in [0.15, 0.2) is 0 Å². The summed E-state index contributed by atoms with van der Waals surface area (Å²) in [7, 11) is 13.8. The molecule has 20 unspecified atom stereocenters. The molecule has 0 saturated carbocycles. The average Bonchev–Trinajstić information content (AvgIpc) is 3.32. The zero-order chi connectivity index (χ0) is 48.9. The van der Waals surface area contributed by atoms with Crippen LogP contribution < -0.4 is 0 Å². The summed E-state index contributed by atoms with van der Waals surface area (Å²) in [4.78, 5) is 0. The van der Waals surface area contributed by atoms with Crippen LogP contribution in [0, 0.1) is 17.8 Å². The normalized spacial score (nSPS) is 39.5. The molecule has 4 aliphatic rings. The fourth-order valence-electron chi connectivity index (χ4n) is 9.78. The second-order valence-corrected chi connectivity index (χ2v) is 17.1. The van der Waals surface area contributed by atoms with Crippen molar-refractivity contribution in [2.45, 2.75) is 104 Å². The highest BCUT2D eigenvalue weighted by atomic mass is 16.6. The van der Waals surface area contributed by atoms with Crippen LogP contribution in [0.4, 0.5) is 0 Å². The Kier molecular flexibility index (Phi) is 27.6. The van der Waals surface area contributed by atoms with Gasteiger partial charge in [0, 0.05) is 81.7 Å². The van der Waals surface area contributed by atoms with Crippen LogP contribution in [0.1, 0.15) is 0 Å². The lowest BCUT2D eigenvalue weighted by Crippen LogP contribution is -2.61. The van der Waals surface area contributed by atoms with Crippen molar-refractivity contribution in [1.29, 1.82) is 0 Å². The van der Waals surface area contributed by atoms with E-state index in [1.165, 1.54) is 35.5 Å². The molecule has 0 aromatic rings. The monoisotopic (exact) mass is 979 g/mol. The van der Waals surface area contributed by atoms with E-state index in [1.54, 1.807) is 28.4 Å². The molecule has 0 spiro atoms. The van der Waals surface area contributed by atoms with Gasteiger partial charge in [0.25, 0.3) is 0 Å². The van der Waals surface area contributed by atoms with Gasteiger partial charge in [-0.25, -0.2) is 0 Å². The van der Waals surface area contributed by atoms with Gasteiger partial charge >= 0.3 is 0 Å². The van der Waals surface area contributed by atoms with Gasteiger partial charge in [0.1, 0.15) is 67.1 Å². The first-order valence-corrected chi connectivity index (χ1v) is 23.0. The van der Waals surface area contributed by atoms with E-state index in [0.29, 0.717) is 0 Å². The van der Waals surface area contributed by atoms with E-state index in [1.807, 2.05) is 0 Å². The largest absolute Gasteiger partial charge is 0.394 e. The fraction of sp³-hybridized carbons (Fsp3) is 1.00. The van der Waals surface area contributed by atoms with Crippen LogP contribution in [0.2, 0.25) is 0 Å². The molecule has 0 aromatic carbocycles. The molecule has 0 aromatic heterocycles. The minimum atomic E-state index is -1.14.